The van der Waals surface area contributed by atoms with Crippen molar-refractivity contribution in [2.75, 3.05) is 0 Å². The summed E-state index contributed by atoms with van der Waals surface area (Å²) in [6, 6.07) is 0. The van der Waals surface area contributed by atoms with E-state index in [0.717, 1.165) is 6.42 Å². The molecule has 0 saturated carbocycles. The molecular weight excluding hydrogens is 156 g/mol. The Hall–Kier alpha value is -1.04. The molecule has 0 N–H and O–H groups in total. The Bertz CT molecular complexity index is 216. The summed E-state index contributed by atoms with van der Waals surface area (Å²) in [7, 11) is 0. The van der Waals surface area contributed by atoms with Crippen molar-refractivity contribution in [3.63, 3.8) is 0 Å². The maximum Gasteiger partial charge on any atom is 0.00474 e. The van der Waals surface area contributed by atoms with Crippen LogP contribution in [-0.4, -0.2) is 0 Å². The van der Waals surface area contributed by atoms with E-state index in [1.165, 1.54) is 19.3 Å². The summed E-state index contributed by atoms with van der Waals surface area (Å²) in [6.07, 6.45) is 24.0. The molecule has 0 unspecified atom stereocenters. The normalized spacial score (nSPS) is 28.9. The molecule has 0 atom stereocenters. The minimum Gasteiger partial charge on any atom is -0.0882 e. The molecule has 0 saturated heterocycles. The number of hydrogen-bond donors (Lipinski definition) is 0. The zero-order valence-corrected chi connectivity index (χ0v) is 8.02. The molecule has 0 fully saturated rings. The molecule has 0 spiro atoms. The molecule has 69 valence electrons. The summed E-state index contributed by atoms with van der Waals surface area (Å²) in [6.45, 7) is 0. The Morgan fingerprint density at radius 3 is 2.54 bits per heavy atom. The third kappa shape index (κ3) is 6.15. The van der Waals surface area contributed by atoms with Gasteiger partial charge in [-0.15, -0.1) is 0 Å². The van der Waals surface area contributed by atoms with Gasteiger partial charge in [0.25, 0.3) is 0 Å². The van der Waals surface area contributed by atoms with Crippen LogP contribution < -0.4 is 0 Å². The van der Waals surface area contributed by atoms with Gasteiger partial charge in [0.2, 0.25) is 0 Å². The Morgan fingerprint density at radius 1 is 0.615 bits per heavy atom. The van der Waals surface area contributed by atoms with E-state index >= 15 is 0 Å². The maximum atomic E-state index is 2.27. The van der Waals surface area contributed by atoms with Crippen LogP contribution in [0.1, 0.15) is 25.7 Å². The molecule has 1 radical (unpaired) electrons. The molecule has 0 bridgehead atoms. The molecule has 1 aliphatic carbocycles. The average Bonchev–Trinajstić information content (AvgIpc) is 2.18. The lowest BCUT2D eigenvalue weighted by Gasteiger charge is -1.88. The molecule has 0 aromatic heterocycles. The fourth-order valence-corrected chi connectivity index (χ4v) is 1.17. The van der Waals surface area contributed by atoms with Gasteiger partial charge in [-0.3, -0.25) is 0 Å². The Kier molecular flexibility index (Phi) is 5.87. The number of allylic oxidation sites excluding steroid dienone is 8. The fraction of sp³-hybridized carbons (Fsp3) is 0.308. The quantitative estimate of drug-likeness (QED) is 0.486. The van der Waals surface area contributed by atoms with Crippen LogP contribution in [-0.2, 0) is 0 Å². The van der Waals surface area contributed by atoms with E-state index in [2.05, 4.69) is 55.0 Å². The van der Waals surface area contributed by atoms with E-state index in [4.69, 9.17) is 0 Å². The third-order valence-corrected chi connectivity index (χ3v) is 1.90. The molecule has 0 nitrogen and oxygen atoms in total. The largest absolute Gasteiger partial charge is 0.0882 e. The van der Waals surface area contributed by atoms with Gasteiger partial charge in [0, 0.05) is 6.42 Å². The van der Waals surface area contributed by atoms with Gasteiger partial charge in [0.05, 0.1) is 0 Å². The highest BCUT2D eigenvalue weighted by molar-refractivity contribution is 5.14. The molecule has 0 aliphatic heterocycles. The van der Waals surface area contributed by atoms with Crippen molar-refractivity contribution in [1.29, 1.82) is 0 Å². The van der Waals surface area contributed by atoms with Crippen LogP contribution in [0.4, 0.5) is 0 Å². The van der Waals surface area contributed by atoms with Gasteiger partial charge in [-0.2, -0.15) is 0 Å². The van der Waals surface area contributed by atoms with Gasteiger partial charge in [0.1, 0.15) is 0 Å². The van der Waals surface area contributed by atoms with Crippen LogP contribution in [0.15, 0.2) is 48.6 Å². The first-order valence-corrected chi connectivity index (χ1v) is 4.97. The zero-order chi connectivity index (χ0) is 9.19. The second-order valence-electron chi connectivity index (χ2n) is 3.07. The topological polar surface area (TPSA) is 0 Å². The second kappa shape index (κ2) is 7.60. The summed E-state index contributed by atoms with van der Waals surface area (Å²) >= 11 is 0. The van der Waals surface area contributed by atoms with Gasteiger partial charge < -0.3 is 0 Å². The first kappa shape index (κ1) is 10.0. The van der Waals surface area contributed by atoms with Gasteiger partial charge in [-0.25, -0.2) is 0 Å². The van der Waals surface area contributed by atoms with Crippen LogP contribution in [0.2, 0.25) is 0 Å². The van der Waals surface area contributed by atoms with Crippen molar-refractivity contribution in [1.82, 2.24) is 0 Å². The Labute approximate surface area is 81.4 Å². The molecule has 0 amide bonds. The third-order valence-electron chi connectivity index (χ3n) is 1.90. The first-order chi connectivity index (χ1) is 6.50. The van der Waals surface area contributed by atoms with Crippen LogP contribution in [0.25, 0.3) is 0 Å². The molecule has 0 heteroatoms. The lowest BCUT2D eigenvalue weighted by molar-refractivity contribution is 0.866. The minimum absolute atomic E-state index is 1.05. The highest BCUT2D eigenvalue weighted by Gasteiger charge is 1.80. The van der Waals surface area contributed by atoms with Crippen molar-refractivity contribution >= 4 is 0 Å². The predicted octanol–water partition coefficient (Wildman–Crippen LogP) is 3.99. The molecule has 0 aromatic carbocycles. The highest BCUT2D eigenvalue weighted by Crippen LogP contribution is 2.00. The number of rotatable bonds is 0. The van der Waals surface area contributed by atoms with Gasteiger partial charge >= 0.3 is 0 Å². The summed E-state index contributed by atoms with van der Waals surface area (Å²) in [5, 5.41) is 0. The first-order valence-electron chi connectivity index (χ1n) is 4.97. The van der Waals surface area contributed by atoms with Crippen molar-refractivity contribution in [3.05, 3.63) is 55.0 Å². The standard InChI is InChI=1S/C13H17/c1-2-4-6-8-10-12-13-11-9-7-5-3-1/h1-7,10,12H,8-9,11,13H2/b3-1+,6-4+,7-5-,12-10+. The minimum atomic E-state index is 1.05. The Morgan fingerprint density at radius 2 is 1.54 bits per heavy atom. The lowest BCUT2D eigenvalue weighted by atomic mass is 10.2. The molecule has 0 heterocycles. The number of hydrogen-bond acceptors (Lipinski definition) is 0. The average molecular weight is 173 g/mol. The van der Waals surface area contributed by atoms with Crippen LogP contribution in [0.5, 0.6) is 0 Å². The van der Waals surface area contributed by atoms with Crippen molar-refractivity contribution in [2.45, 2.75) is 25.7 Å². The van der Waals surface area contributed by atoms with E-state index in [1.54, 1.807) is 0 Å². The SMILES string of the molecule is [CH]1/C=C/C=C\CCC/C=C/C/C=C/1. The predicted molar refractivity (Wildman–Crippen MR) is 59.3 cm³/mol. The van der Waals surface area contributed by atoms with Crippen LogP contribution in [0.3, 0.4) is 0 Å². The summed E-state index contributed by atoms with van der Waals surface area (Å²) in [4.78, 5) is 0. The van der Waals surface area contributed by atoms with Crippen molar-refractivity contribution < 1.29 is 0 Å². The van der Waals surface area contributed by atoms with Crippen LogP contribution in [0, 0.1) is 6.42 Å². The van der Waals surface area contributed by atoms with Crippen molar-refractivity contribution in [2.24, 2.45) is 0 Å². The van der Waals surface area contributed by atoms with Crippen LogP contribution >= 0.6 is 0 Å². The van der Waals surface area contributed by atoms with E-state index in [9.17, 15) is 0 Å². The van der Waals surface area contributed by atoms with E-state index in [1.807, 2.05) is 0 Å². The highest BCUT2D eigenvalue weighted by atomic mass is 13.9. The van der Waals surface area contributed by atoms with Gasteiger partial charge in [0.15, 0.2) is 0 Å². The van der Waals surface area contributed by atoms with E-state index < -0.39 is 0 Å². The van der Waals surface area contributed by atoms with Gasteiger partial charge in [-0.05, 0) is 25.7 Å². The van der Waals surface area contributed by atoms with Crippen molar-refractivity contribution in [3.8, 4) is 0 Å². The molecule has 13 heavy (non-hydrogen) atoms. The molecule has 1 aliphatic rings. The fourth-order valence-electron chi connectivity index (χ4n) is 1.17. The van der Waals surface area contributed by atoms with E-state index in [-0.39, 0.29) is 0 Å². The maximum absolute atomic E-state index is 2.27. The summed E-state index contributed by atoms with van der Waals surface area (Å²) in [5.74, 6) is 0. The Balaban J connectivity index is 2.38. The lowest BCUT2D eigenvalue weighted by Crippen LogP contribution is -1.68. The van der Waals surface area contributed by atoms with Gasteiger partial charge in [-0.1, -0.05) is 48.6 Å². The molecule has 1 rings (SSSR count). The molecular formula is C13H17. The smallest absolute Gasteiger partial charge is 0.00474 e. The van der Waals surface area contributed by atoms with E-state index in [0.29, 0.717) is 0 Å². The molecule has 0 aromatic rings. The summed E-state index contributed by atoms with van der Waals surface area (Å²) in [5.41, 5.74) is 0. The summed E-state index contributed by atoms with van der Waals surface area (Å²) < 4.78 is 0. The second-order valence-corrected chi connectivity index (χ2v) is 3.07. The monoisotopic (exact) mass is 173 g/mol. The zero-order valence-electron chi connectivity index (χ0n) is 8.02.